The third-order valence-electron chi connectivity index (χ3n) is 8.17. The summed E-state index contributed by atoms with van der Waals surface area (Å²) in [6.07, 6.45) is 0. The van der Waals surface area contributed by atoms with Crippen LogP contribution in [0.5, 0.6) is 0 Å². The fraction of sp³-hybridized carbons (Fsp3) is 0. The number of hydrogen-bond donors (Lipinski definition) is 0. The first-order chi connectivity index (χ1) is 21.9. The summed E-state index contributed by atoms with van der Waals surface area (Å²) in [4.78, 5) is 0. The summed E-state index contributed by atoms with van der Waals surface area (Å²) in [5, 5.41) is 5.08. The molecule has 0 nitrogen and oxygen atoms in total. The monoisotopic (exact) mass is 560 g/mol. The SMILES string of the molecule is c1ccc(-c2cccc(-c3cccc4ccccc34)c2-c2cccc3ccccc23)cc1.c1ccc(-c2ccccc2)cc1. The second kappa shape index (κ2) is 12.7. The minimum Gasteiger partial charge on any atom is -0.0622 e. The molecule has 0 amide bonds. The second-order valence-electron chi connectivity index (χ2n) is 10.9. The van der Waals surface area contributed by atoms with Gasteiger partial charge in [-0.25, -0.2) is 0 Å². The molecule has 208 valence electrons. The van der Waals surface area contributed by atoms with Crippen molar-refractivity contribution in [1.82, 2.24) is 0 Å². The van der Waals surface area contributed by atoms with Gasteiger partial charge in [-0.3, -0.25) is 0 Å². The highest BCUT2D eigenvalue weighted by atomic mass is 14.2. The number of rotatable bonds is 4. The van der Waals surface area contributed by atoms with Gasteiger partial charge in [-0.05, 0) is 66.1 Å². The molecule has 0 heterocycles. The van der Waals surface area contributed by atoms with Gasteiger partial charge < -0.3 is 0 Å². The van der Waals surface area contributed by atoms with Gasteiger partial charge in [-0.2, -0.15) is 0 Å². The van der Waals surface area contributed by atoms with E-state index in [1.54, 1.807) is 0 Å². The zero-order valence-electron chi connectivity index (χ0n) is 24.5. The van der Waals surface area contributed by atoms with Crippen LogP contribution in [-0.2, 0) is 0 Å². The smallest absolute Gasteiger partial charge is 0.00204 e. The van der Waals surface area contributed by atoms with E-state index in [0.717, 1.165) is 0 Å². The molecule has 0 bridgehead atoms. The third kappa shape index (κ3) is 5.54. The highest BCUT2D eigenvalue weighted by Crippen LogP contribution is 2.44. The fourth-order valence-corrected chi connectivity index (χ4v) is 6.09. The van der Waals surface area contributed by atoms with E-state index >= 15 is 0 Å². The van der Waals surface area contributed by atoms with Crippen molar-refractivity contribution in [2.45, 2.75) is 0 Å². The molecule has 0 spiro atoms. The molecule has 0 aromatic heterocycles. The van der Waals surface area contributed by atoms with E-state index in [1.165, 1.54) is 66.1 Å². The molecule has 8 aromatic carbocycles. The molecular weight excluding hydrogens is 528 g/mol. The zero-order valence-corrected chi connectivity index (χ0v) is 24.5. The second-order valence-corrected chi connectivity index (χ2v) is 10.9. The highest BCUT2D eigenvalue weighted by Gasteiger charge is 2.17. The van der Waals surface area contributed by atoms with Crippen LogP contribution >= 0.6 is 0 Å². The molecule has 0 saturated carbocycles. The van der Waals surface area contributed by atoms with Crippen LogP contribution in [0.15, 0.2) is 194 Å². The van der Waals surface area contributed by atoms with Crippen LogP contribution < -0.4 is 0 Å². The Balaban J connectivity index is 0.000000218. The molecule has 0 fully saturated rings. The molecule has 0 unspecified atom stereocenters. The molecule has 0 saturated heterocycles. The molecule has 0 atom stereocenters. The van der Waals surface area contributed by atoms with E-state index in [0.29, 0.717) is 0 Å². The molecule has 0 aliphatic heterocycles. The summed E-state index contributed by atoms with van der Waals surface area (Å²) in [5.74, 6) is 0. The van der Waals surface area contributed by atoms with E-state index in [4.69, 9.17) is 0 Å². The van der Waals surface area contributed by atoms with Crippen molar-refractivity contribution in [3.05, 3.63) is 194 Å². The Bertz CT molecular complexity index is 2100. The number of benzene rings is 8. The summed E-state index contributed by atoms with van der Waals surface area (Å²) in [6.45, 7) is 0. The fourth-order valence-electron chi connectivity index (χ4n) is 6.09. The van der Waals surface area contributed by atoms with Crippen molar-refractivity contribution in [1.29, 1.82) is 0 Å². The quantitative estimate of drug-likeness (QED) is 0.201. The first kappa shape index (κ1) is 27.1. The van der Waals surface area contributed by atoms with Crippen LogP contribution in [-0.4, -0.2) is 0 Å². The largest absolute Gasteiger partial charge is 0.0622 e. The van der Waals surface area contributed by atoms with Crippen molar-refractivity contribution in [3.8, 4) is 44.5 Å². The predicted octanol–water partition coefficient (Wildman–Crippen LogP) is 12.3. The topological polar surface area (TPSA) is 0 Å². The standard InChI is InChI=1S/C32H22.C12H10/c1-2-11-25(12-3-1)28-19-10-22-31(29-20-8-15-23-13-4-6-17-26(23)29)32(28)30-21-9-16-24-14-5-7-18-27(24)30;1-3-7-11(8-4-1)12-9-5-2-6-10-12/h1-22H;1-10H. The Morgan fingerprint density at radius 2 is 0.568 bits per heavy atom. The molecule has 0 aliphatic carbocycles. The summed E-state index contributed by atoms with van der Waals surface area (Å²) >= 11 is 0. The Labute approximate surface area is 259 Å². The van der Waals surface area contributed by atoms with E-state index in [9.17, 15) is 0 Å². The summed E-state index contributed by atoms with van der Waals surface area (Å²) in [6, 6.07) is 68.8. The van der Waals surface area contributed by atoms with E-state index in [2.05, 4.69) is 182 Å². The van der Waals surface area contributed by atoms with Gasteiger partial charge in [-0.1, -0.05) is 194 Å². The molecule has 8 aromatic rings. The van der Waals surface area contributed by atoms with Gasteiger partial charge in [0.2, 0.25) is 0 Å². The van der Waals surface area contributed by atoms with Gasteiger partial charge in [0.05, 0.1) is 0 Å². The van der Waals surface area contributed by atoms with Crippen molar-refractivity contribution in [2.75, 3.05) is 0 Å². The maximum absolute atomic E-state index is 2.27. The maximum Gasteiger partial charge on any atom is -0.00204 e. The predicted molar refractivity (Wildman–Crippen MR) is 190 cm³/mol. The maximum atomic E-state index is 2.27. The van der Waals surface area contributed by atoms with Gasteiger partial charge in [0.15, 0.2) is 0 Å². The van der Waals surface area contributed by atoms with Crippen LogP contribution in [0.3, 0.4) is 0 Å². The lowest BCUT2D eigenvalue weighted by atomic mass is 9.84. The van der Waals surface area contributed by atoms with Crippen molar-refractivity contribution in [3.63, 3.8) is 0 Å². The van der Waals surface area contributed by atoms with E-state index in [-0.39, 0.29) is 0 Å². The van der Waals surface area contributed by atoms with Crippen molar-refractivity contribution < 1.29 is 0 Å². The molecule has 44 heavy (non-hydrogen) atoms. The van der Waals surface area contributed by atoms with Gasteiger partial charge in [0, 0.05) is 0 Å². The van der Waals surface area contributed by atoms with E-state index in [1.807, 2.05) is 12.1 Å². The van der Waals surface area contributed by atoms with Crippen molar-refractivity contribution in [2.24, 2.45) is 0 Å². The van der Waals surface area contributed by atoms with Crippen molar-refractivity contribution >= 4 is 21.5 Å². The highest BCUT2D eigenvalue weighted by molar-refractivity contribution is 6.08. The van der Waals surface area contributed by atoms with Gasteiger partial charge in [0.1, 0.15) is 0 Å². The lowest BCUT2D eigenvalue weighted by Crippen LogP contribution is -1.92. The summed E-state index contributed by atoms with van der Waals surface area (Å²) in [7, 11) is 0. The molecule has 0 heteroatoms. The Kier molecular flexibility index (Phi) is 7.80. The lowest BCUT2D eigenvalue weighted by Gasteiger charge is -2.19. The molecular formula is C44H32. The zero-order chi connectivity index (χ0) is 29.6. The first-order valence-electron chi connectivity index (χ1n) is 15.1. The molecule has 0 N–H and O–H groups in total. The average Bonchev–Trinajstić information content (AvgIpc) is 3.12. The number of fused-ring (bicyclic) bond motifs is 2. The minimum atomic E-state index is 1.23. The summed E-state index contributed by atoms with van der Waals surface area (Å²) < 4.78 is 0. The Hall–Kier alpha value is -5.72. The van der Waals surface area contributed by atoms with Gasteiger partial charge in [-0.15, -0.1) is 0 Å². The lowest BCUT2D eigenvalue weighted by molar-refractivity contribution is 1.58. The molecule has 8 rings (SSSR count). The van der Waals surface area contributed by atoms with Crippen LogP contribution in [0.4, 0.5) is 0 Å². The average molecular weight is 561 g/mol. The normalized spacial score (nSPS) is 10.7. The van der Waals surface area contributed by atoms with Crippen LogP contribution in [0.1, 0.15) is 0 Å². The minimum absolute atomic E-state index is 1.23. The van der Waals surface area contributed by atoms with Gasteiger partial charge in [0.25, 0.3) is 0 Å². The third-order valence-corrected chi connectivity index (χ3v) is 8.17. The van der Waals surface area contributed by atoms with Crippen LogP contribution in [0.25, 0.3) is 66.1 Å². The Morgan fingerprint density at radius 3 is 1.14 bits per heavy atom. The van der Waals surface area contributed by atoms with E-state index < -0.39 is 0 Å². The number of hydrogen-bond acceptors (Lipinski definition) is 0. The van der Waals surface area contributed by atoms with Crippen LogP contribution in [0.2, 0.25) is 0 Å². The molecule has 0 radical (unpaired) electrons. The molecule has 0 aliphatic rings. The summed E-state index contributed by atoms with van der Waals surface area (Å²) in [5.41, 5.74) is 10.1. The van der Waals surface area contributed by atoms with Crippen LogP contribution in [0, 0.1) is 0 Å². The Morgan fingerprint density at radius 1 is 0.205 bits per heavy atom. The van der Waals surface area contributed by atoms with Gasteiger partial charge >= 0.3 is 0 Å². The first-order valence-corrected chi connectivity index (χ1v) is 15.1.